The van der Waals surface area contributed by atoms with Crippen LogP contribution >= 0.6 is 24.0 Å². The van der Waals surface area contributed by atoms with Crippen molar-refractivity contribution >= 4 is 35.5 Å². The maximum absolute atomic E-state index is 4.39. The molecule has 0 fully saturated rings. The molecule has 0 atom stereocenters. The van der Waals surface area contributed by atoms with Gasteiger partial charge in [-0.3, -0.25) is 4.99 Å². The van der Waals surface area contributed by atoms with Gasteiger partial charge in [-0.2, -0.15) is 0 Å². The van der Waals surface area contributed by atoms with E-state index in [0.29, 0.717) is 0 Å². The molecule has 1 heterocycles. The Morgan fingerprint density at radius 3 is 2.68 bits per heavy atom. The number of hydrogen-bond acceptors (Lipinski definition) is 1. The van der Waals surface area contributed by atoms with Crippen molar-refractivity contribution in [3.8, 4) is 0 Å². The Balaban J connectivity index is 0.00000242. The van der Waals surface area contributed by atoms with Crippen molar-refractivity contribution in [1.82, 2.24) is 10.2 Å². The third kappa shape index (κ3) is 5.48. The number of allylic oxidation sites excluding steroid dienone is 1. The number of guanidine groups is 1. The van der Waals surface area contributed by atoms with E-state index in [9.17, 15) is 0 Å². The fraction of sp³-hybridized carbons (Fsp3) is 0.389. The number of nitrogens with one attached hydrogen (secondary N) is 1. The lowest BCUT2D eigenvalue weighted by atomic mass is 10.00. The molecule has 0 radical (unpaired) electrons. The average molecular weight is 411 g/mol. The molecule has 120 valence electrons. The molecule has 1 aliphatic rings. The summed E-state index contributed by atoms with van der Waals surface area (Å²) < 4.78 is 0. The van der Waals surface area contributed by atoms with E-state index in [1.807, 2.05) is 7.05 Å². The molecule has 0 aliphatic carbocycles. The van der Waals surface area contributed by atoms with Crippen molar-refractivity contribution in [2.75, 3.05) is 26.7 Å². The summed E-state index contributed by atoms with van der Waals surface area (Å²) in [5.74, 6) is 1.00. The zero-order chi connectivity index (χ0) is 14.9. The van der Waals surface area contributed by atoms with Crippen molar-refractivity contribution in [1.29, 1.82) is 0 Å². The minimum Gasteiger partial charge on any atom is -0.356 e. The quantitative estimate of drug-likeness (QED) is 0.267. The number of benzene rings is 1. The van der Waals surface area contributed by atoms with Crippen LogP contribution in [0.4, 0.5) is 0 Å². The van der Waals surface area contributed by atoms with Gasteiger partial charge in [-0.15, -0.1) is 24.0 Å². The first-order chi connectivity index (χ1) is 10.3. The molecule has 22 heavy (non-hydrogen) atoms. The number of hydrogen-bond donors (Lipinski definition) is 1. The summed E-state index contributed by atoms with van der Waals surface area (Å²) in [6.45, 7) is 4.93. The van der Waals surface area contributed by atoms with E-state index in [-0.39, 0.29) is 24.0 Å². The molecule has 4 heteroatoms. The Morgan fingerprint density at radius 1 is 1.32 bits per heavy atom. The summed E-state index contributed by atoms with van der Waals surface area (Å²) in [7, 11) is 1.86. The Labute approximate surface area is 151 Å². The standard InChI is InChI=1S/C18H25N3.HI/c1-3-4-8-13-20-18(19-2)21-14-11-17(12-15-21)16-9-6-5-7-10-16;/h3-7,9-11H,8,12-15H2,1-2H3,(H,19,20);1H. The maximum atomic E-state index is 4.39. The Kier molecular flexibility index (Phi) is 8.89. The molecule has 2 rings (SSSR count). The van der Waals surface area contributed by atoms with Crippen molar-refractivity contribution in [2.45, 2.75) is 19.8 Å². The largest absolute Gasteiger partial charge is 0.356 e. The molecule has 1 aromatic carbocycles. The van der Waals surface area contributed by atoms with Gasteiger partial charge in [-0.05, 0) is 30.9 Å². The van der Waals surface area contributed by atoms with Gasteiger partial charge in [0.2, 0.25) is 0 Å². The lowest BCUT2D eigenvalue weighted by Gasteiger charge is -2.29. The van der Waals surface area contributed by atoms with Crippen LogP contribution in [-0.4, -0.2) is 37.5 Å². The summed E-state index contributed by atoms with van der Waals surface area (Å²) in [4.78, 5) is 6.69. The van der Waals surface area contributed by atoms with E-state index in [1.54, 1.807) is 0 Å². The molecule has 0 saturated carbocycles. The molecule has 1 N–H and O–H groups in total. The smallest absolute Gasteiger partial charge is 0.193 e. The first-order valence-electron chi connectivity index (χ1n) is 7.66. The normalized spacial score (nSPS) is 15.5. The van der Waals surface area contributed by atoms with E-state index in [4.69, 9.17) is 0 Å². The first-order valence-corrected chi connectivity index (χ1v) is 7.66. The van der Waals surface area contributed by atoms with Crippen LogP contribution in [-0.2, 0) is 0 Å². The van der Waals surface area contributed by atoms with E-state index in [0.717, 1.165) is 38.4 Å². The SMILES string of the molecule is CC=CCCNC(=NC)N1CC=C(c2ccccc2)CC1.I. The summed E-state index contributed by atoms with van der Waals surface area (Å²) >= 11 is 0. The molecular formula is C18H26IN3. The zero-order valence-electron chi connectivity index (χ0n) is 13.5. The van der Waals surface area contributed by atoms with Crippen molar-refractivity contribution in [3.05, 3.63) is 54.1 Å². The molecule has 0 unspecified atom stereocenters. The zero-order valence-corrected chi connectivity index (χ0v) is 15.8. The Morgan fingerprint density at radius 2 is 2.09 bits per heavy atom. The number of rotatable bonds is 4. The van der Waals surface area contributed by atoms with Crippen LogP contribution < -0.4 is 5.32 Å². The van der Waals surface area contributed by atoms with E-state index in [1.165, 1.54) is 11.1 Å². The second-order valence-electron chi connectivity index (χ2n) is 5.12. The highest BCUT2D eigenvalue weighted by Gasteiger charge is 2.15. The molecule has 1 aromatic rings. The molecule has 0 bridgehead atoms. The lowest BCUT2D eigenvalue weighted by Crippen LogP contribution is -2.43. The van der Waals surface area contributed by atoms with Crippen molar-refractivity contribution in [2.24, 2.45) is 4.99 Å². The second kappa shape index (κ2) is 10.4. The van der Waals surface area contributed by atoms with Gasteiger partial charge in [0.05, 0.1) is 0 Å². The second-order valence-corrected chi connectivity index (χ2v) is 5.12. The first kappa shape index (κ1) is 18.7. The summed E-state index contributed by atoms with van der Waals surface area (Å²) in [6, 6.07) is 10.6. The van der Waals surface area contributed by atoms with Crippen LogP contribution in [0.25, 0.3) is 5.57 Å². The summed E-state index contributed by atoms with van der Waals surface area (Å²) in [5, 5.41) is 3.42. The average Bonchev–Trinajstić information content (AvgIpc) is 2.56. The number of aliphatic imine (C=N–C) groups is 1. The Bertz CT molecular complexity index is 520. The van der Waals surface area contributed by atoms with Crippen LogP contribution in [0.2, 0.25) is 0 Å². The third-order valence-electron chi connectivity index (χ3n) is 3.69. The predicted octanol–water partition coefficient (Wildman–Crippen LogP) is 3.94. The van der Waals surface area contributed by atoms with Gasteiger partial charge >= 0.3 is 0 Å². The molecular weight excluding hydrogens is 385 g/mol. The van der Waals surface area contributed by atoms with Crippen molar-refractivity contribution in [3.63, 3.8) is 0 Å². The van der Waals surface area contributed by atoms with Gasteiger partial charge in [0.25, 0.3) is 0 Å². The Hall–Kier alpha value is -1.30. The fourth-order valence-electron chi connectivity index (χ4n) is 2.54. The van der Waals surface area contributed by atoms with Gasteiger partial charge in [0.15, 0.2) is 5.96 Å². The van der Waals surface area contributed by atoms with E-state index in [2.05, 4.69) is 70.7 Å². The fourth-order valence-corrected chi connectivity index (χ4v) is 2.54. The van der Waals surface area contributed by atoms with Crippen LogP contribution in [0, 0.1) is 0 Å². The summed E-state index contributed by atoms with van der Waals surface area (Å²) in [5.41, 5.74) is 2.78. The van der Waals surface area contributed by atoms with Gasteiger partial charge in [-0.25, -0.2) is 0 Å². The van der Waals surface area contributed by atoms with Crippen LogP contribution in [0.15, 0.2) is 53.6 Å². The monoisotopic (exact) mass is 411 g/mol. The predicted molar refractivity (Wildman–Crippen MR) is 107 cm³/mol. The van der Waals surface area contributed by atoms with Crippen LogP contribution in [0.1, 0.15) is 25.3 Å². The van der Waals surface area contributed by atoms with Crippen LogP contribution in [0.5, 0.6) is 0 Å². The van der Waals surface area contributed by atoms with Gasteiger partial charge in [0, 0.05) is 26.7 Å². The van der Waals surface area contributed by atoms with Gasteiger partial charge < -0.3 is 10.2 Å². The minimum absolute atomic E-state index is 0. The van der Waals surface area contributed by atoms with E-state index < -0.39 is 0 Å². The third-order valence-corrected chi connectivity index (χ3v) is 3.69. The lowest BCUT2D eigenvalue weighted by molar-refractivity contribution is 0.440. The number of nitrogens with zero attached hydrogens (tertiary/aromatic N) is 2. The van der Waals surface area contributed by atoms with Gasteiger partial charge in [-0.1, -0.05) is 48.6 Å². The topological polar surface area (TPSA) is 27.6 Å². The number of halogens is 1. The van der Waals surface area contributed by atoms with Crippen LogP contribution in [0.3, 0.4) is 0 Å². The molecule has 1 aliphatic heterocycles. The minimum atomic E-state index is 0. The maximum Gasteiger partial charge on any atom is 0.193 e. The molecule has 0 saturated heterocycles. The molecule has 3 nitrogen and oxygen atoms in total. The highest BCUT2D eigenvalue weighted by atomic mass is 127. The molecule has 0 aromatic heterocycles. The van der Waals surface area contributed by atoms with Gasteiger partial charge in [0.1, 0.15) is 0 Å². The highest BCUT2D eigenvalue weighted by Crippen LogP contribution is 2.21. The van der Waals surface area contributed by atoms with Crippen molar-refractivity contribution < 1.29 is 0 Å². The highest BCUT2D eigenvalue weighted by molar-refractivity contribution is 14.0. The molecule has 0 amide bonds. The van der Waals surface area contributed by atoms with E-state index >= 15 is 0 Å². The molecule has 0 spiro atoms. The summed E-state index contributed by atoms with van der Waals surface area (Å²) in [6.07, 6.45) is 8.68.